The third-order valence-electron chi connectivity index (χ3n) is 4.73. The zero-order valence-electron chi connectivity index (χ0n) is 17.0. The molecule has 3 rings (SSSR count). The maximum Gasteiger partial charge on any atom is 0.224 e. The Bertz CT molecular complexity index is 909. The molecule has 2 aromatic heterocycles. The summed E-state index contributed by atoms with van der Waals surface area (Å²) in [6, 6.07) is 8.16. The van der Waals surface area contributed by atoms with Gasteiger partial charge < -0.3 is 5.32 Å². The molecule has 1 amide bonds. The van der Waals surface area contributed by atoms with Gasteiger partial charge in [0.25, 0.3) is 0 Å². The van der Waals surface area contributed by atoms with Crippen molar-refractivity contribution >= 4 is 5.91 Å². The van der Waals surface area contributed by atoms with Crippen molar-refractivity contribution in [2.75, 3.05) is 0 Å². The summed E-state index contributed by atoms with van der Waals surface area (Å²) in [7, 11) is 0. The minimum Gasteiger partial charge on any atom is -0.352 e. The first-order valence-electron chi connectivity index (χ1n) is 9.62. The Kier molecular flexibility index (Phi) is 6.23. The molecular formula is C21H28N6O. The van der Waals surface area contributed by atoms with E-state index in [1.54, 1.807) is 11.0 Å². The Hall–Kier alpha value is -2.96. The number of carbonyl (C=O) groups is 1. The number of aromatic nitrogens is 5. The Morgan fingerprint density at radius 3 is 2.50 bits per heavy atom. The standard InChI is InChI=1S/C21H28N6O/c1-15(2)11-27-17(4)20(16(3)25-27)9-21(28)23-10-18-5-7-19(8-6-18)12-26-14-22-13-24-26/h5-8,13-15H,9-12H2,1-4H3,(H,23,28). The van der Waals surface area contributed by atoms with Gasteiger partial charge in [0, 0.05) is 24.3 Å². The zero-order valence-corrected chi connectivity index (χ0v) is 17.0. The van der Waals surface area contributed by atoms with Crippen molar-refractivity contribution in [1.82, 2.24) is 29.9 Å². The van der Waals surface area contributed by atoms with Gasteiger partial charge in [-0.25, -0.2) is 9.67 Å². The quantitative estimate of drug-likeness (QED) is 0.652. The molecule has 0 spiro atoms. The highest BCUT2D eigenvalue weighted by Crippen LogP contribution is 2.15. The average molecular weight is 380 g/mol. The molecule has 0 fully saturated rings. The normalized spacial score (nSPS) is 11.2. The Labute approximate surface area is 165 Å². The molecule has 0 aliphatic rings. The summed E-state index contributed by atoms with van der Waals surface area (Å²) in [5.74, 6) is 0.536. The van der Waals surface area contributed by atoms with Crippen LogP contribution >= 0.6 is 0 Å². The van der Waals surface area contributed by atoms with Crippen LogP contribution in [0.3, 0.4) is 0 Å². The fourth-order valence-corrected chi connectivity index (χ4v) is 3.20. The van der Waals surface area contributed by atoms with Crippen LogP contribution in [-0.2, 0) is 30.8 Å². The van der Waals surface area contributed by atoms with Crippen LogP contribution in [0, 0.1) is 19.8 Å². The topological polar surface area (TPSA) is 77.6 Å². The summed E-state index contributed by atoms with van der Waals surface area (Å²) in [4.78, 5) is 16.4. The largest absolute Gasteiger partial charge is 0.352 e. The van der Waals surface area contributed by atoms with E-state index < -0.39 is 0 Å². The molecule has 0 radical (unpaired) electrons. The summed E-state index contributed by atoms with van der Waals surface area (Å²) in [6.45, 7) is 10.4. The smallest absolute Gasteiger partial charge is 0.224 e. The average Bonchev–Trinajstić information content (AvgIpc) is 3.25. The molecule has 0 aliphatic carbocycles. The van der Waals surface area contributed by atoms with Gasteiger partial charge >= 0.3 is 0 Å². The Morgan fingerprint density at radius 1 is 1.14 bits per heavy atom. The highest BCUT2D eigenvalue weighted by molar-refractivity contribution is 5.79. The molecule has 148 valence electrons. The van der Waals surface area contributed by atoms with E-state index in [0.29, 0.717) is 25.4 Å². The number of benzene rings is 1. The van der Waals surface area contributed by atoms with Gasteiger partial charge in [-0.15, -0.1) is 0 Å². The molecule has 0 atom stereocenters. The highest BCUT2D eigenvalue weighted by Gasteiger charge is 2.15. The minimum atomic E-state index is 0.0157. The van der Waals surface area contributed by atoms with Gasteiger partial charge in [0.2, 0.25) is 5.91 Å². The van der Waals surface area contributed by atoms with E-state index in [-0.39, 0.29) is 5.91 Å². The number of nitrogens with zero attached hydrogens (tertiary/aromatic N) is 5. The van der Waals surface area contributed by atoms with Gasteiger partial charge in [-0.1, -0.05) is 38.1 Å². The predicted molar refractivity (Wildman–Crippen MR) is 108 cm³/mol. The summed E-state index contributed by atoms with van der Waals surface area (Å²) in [6.07, 6.45) is 3.58. The Morgan fingerprint density at radius 2 is 1.86 bits per heavy atom. The lowest BCUT2D eigenvalue weighted by Crippen LogP contribution is -2.25. The fourth-order valence-electron chi connectivity index (χ4n) is 3.20. The number of aryl methyl sites for hydroxylation is 1. The second-order valence-corrected chi connectivity index (χ2v) is 7.59. The number of hydrogen-bond acceptors (Lipinski definition) is 4. The van der Waals surface area contributed by atoms with Crippen LogP contribution in [-0.4, -0.2) is 30.5 Å². The lowest BCUT2D eigenvalue weighted by Gasteiger charge is -2.09. The van der Waals surface area contributed by atoms with Crippen molar-refractivity contribution in [2.45, 2.75) is 53.8 Å². The molecule has 0 saturated carbocycles. The molecule has 7 nitrogen and oxygen atoms in total. The van der Waals surface area contributed by atoms with E-state index in [4.69, 9.17) is 0 Å². The highest BCUT2D eigenvalue weighted by atomic mass is 16.1. The van der Waals surface area contributed by atoms with Gasteiger partial charge in [-0.2, -0.15) is 10.2 Å². The van der Waals surface area contributed by atoms with E-state index in [2.05, 4.69) is 34.3 Å². The molecule has 2 heterocycles. The summed E-state index contributed by atoms with van der Waals surface area (Å²) in [5, 5.41) is 11.7. The summed E-state index contributed by atoms with van der Waals surface area (Å²) >= 11 is 0. The molecule has 1 N–H and O–H groups in total. The minimum absolute atomic E-state index is 0.0157. The molecule has 0 unspecified atom stereocenters. The van der Waals surface area contributed by atoms with E-state index in [0.717, 1.165) is 34.6 Å². The molecule has 0 aliphatic heterocycles. The molecule has 0 bridgehead atoms. The maximum atomic E-state index is 12.4. The van der Waals surface area contributed by atoms with Crippen molar-refractivity contribution in [3.05, 3.63) is 65.0 Å². The lowest BCUT2D eigenvalue weighted by atomic mass is 10.1. The van der Waals surface area contributed by atoms with Crippen LogP contribution in [0.25, 0.3) is 0 Å². The van der Waals surface area contributed by atoms with E-state index in [1.807, 2.05) is 42.8 Å². The van der Waals surface area contributed by atoms with Crippen LogP contribution in [0.5, 0.6) is 0 Å². The number of amides is 1. The molecule has 7 heteroatoms. The van der Waals surface area contributed by atoms with Crippen LogP contribution in [0.1, 0.15) is 41.9 Å². The zero-order chi connectivity index (χ0) is 20.1. The summed E-state index contributed by atoms with van der Waals surface area (Å²) < 4.78 is 3.79. The van der Waals surface area contributed by atoms with Gasteiger partial charge in [0.1, 0.15) is 12.7 Å². The molecule has 28 heavy (non-hydrogen) atoms. The molecule has 0 saturated heterocycles. The number of carbonyl (C=O) groups excluding carboxylic acids is 1. The molecule has 3 aromatic rings. The van der Waals surface area contributed by atoms with E-state index in [1.165, 1.54) is 6.33 Å². The van der Waals surface area contributed by atoms with Gasteiger partial charge in [-0.3, -0.25) is 9.48 Å². The van der Waals surface area contributed by atoms with Crippen LogP contribution in [0.2, 0.25) is 0 Å². The SMILES string of the molecule is Cc1nn(CC(C)C)c(C)c1CC(=O)NCc1ccc(Cn2cncn2)cc1. The van der Waals surface area contributed by atoms with Crippen molar-refractivity contribution in [3.63, 3.8) is 0 Å². The second-order valence-electron chi connectivity index (χ2n) is 7.59. The molecular weight excluding hydrogens is 352 g/mol. The fraction of sp³-hybridized carbons (Fsp3) is 0.429. The van der Waals surface area contributed by atoms with Gasteiger partial charge in [0.05, 0.1) is 18.7 Å². The lowest BCUT2D eigenvalue weighted by molar-refractivity contribution is -0.120. The number of rotatable bonds is 8. The van der Waals surface area contributed by atoms with Crippen LogP contribution in [0.4, 0.5) is 0 Å². The first-order chi connectivity index (χ1) is 13.4. The van der Waals surface area contributed by atoms with Gasteiger partial charge in [0.15, 0.2) is 0 Å². The molecule has 1 aromatic carbocycles. The Balaban J connectivity index is 1.54. The summed E-state index contributed by atoms with van der Waals surface area (Å²) in [5.41, 5.74) is 5.26. The maximum absolute atomic E-state index is 12.4. The van der Waals surface area contributed by atoms with Crippen molar-refractivity contribution in [2.24, 2.45) is 5.92 Å². The van der Waals surface area contributed by atoms with E-state index in [9.17, 15) is 4.79 Å². The number of hydrogen-bond donors (Lipinski definition) is 1. The predicted octanol–water partition coefficient (Wildman–Crippen LogP) is 2.65. The number of nitrogens with one attached hydrogen (secondary N) is 1. The van der Waals surface area contributed by atoms with Crippen LogP contribution < -0.4 is 5.32 Å². The van der Waals surface area contributed by atoms with Crippen molar-refractivity contribution in [3.8, 4) is 0 Å². The first kappa shape index (κ1) is 19.8. The van der Waals surface area contributed by atoms with Crippen molar-refractivity contribution < 1.29 is 4.79 Å². The van der Waals surface area contributed by atoms with Crippen LogP contribution in [0.15, 0.2) is 36.9 Å². The monoisotopic (exact) mass is 380 g/mol. The first-order valence-corrected chi connectivity index (χ1v) is 9.62. The van der Waals surface area contributed by atoms with Crippen molar-refractivity contribution in [1.29, 1.82) is 0 Å². The van der Waals surface area contributed by atoms with Gasteiger partial charge in [-0.05, 0) is 30.9 Å². The second kappa shape index (κ2) is 8.82. The third-order valence-corrected chi connectivity index (χ3v) is 4.73. The van der Waals surface area contributed by atoms with E-state index >= 15 is 0 Å². The third kappa shape index (κ3) is 5.06.